The molecule has 25 heavy (non-hydrogen) atoms. The van der Waals surface area contributed by atoms with Gasteiger partial charge in [-0.15, -0.1) is 23.7 Å². The number of aryl methyl sites for hydroxylation is 1. The van der Waals surface area contributed by atoms with Gasteiger partial charge in [-0.3, -0.25) is 4.79 Å². The number of hydrogen-bond donors (Lipinski definition) is 3. The summed E-state index contributed by atoms with van der Waals surface area (Å²) >= 11 is 1.56. The lowest BCUT2D eigenvalue weighted by atomic mass is 10.1. The maximum absolute atomic E-state index is 12.1. The molecule has 1 aromatic carbocycles. The summed E-state index contributed by atoms with van der Waals surface area (Å²) in [6, 6.07) is 8.39. The van der Waals surface area contributed by atoms with Gasteiger partial charge in [-0.25, -0.2) is 4.98 Å². The SMILES string of the molecule is CCc1ccc(-c2nc(CC(=O)NCC3CNCC3O)cs2)cc1.Cl. The van der Waals surface area contributed by atoms with Crippen molar-refractivity contribution in [3.05, 3.63) is 40.9 Å². The molecule has 2 unspecified atom stereocenters. The maximum Gasteiger partial charge on any atom is 0.226 e. The van der Waals surface area contributed by atoms with E-state index in [0.717, 1.165) is 29.2 Å². The zero-order valence-electron chi connectivity index (χ0n) is 14.2. The molecule has 1 saturated heterocycles. The Morgan fingerprint density at radius 2 is 2.12 bits per heavy atom. The Morgan fingerprint density at radius 1 is 1.36 bits per heavy atom. The number of carbonyl (C=O) groups excluding carboxylic acids is 1. The van der Waals surface area contributed by atoms with Crippen LogP contribution in [0, 0.1) is 5.92 Å². The van der Waals surface area contributed by atoms with Crippen LogP contribution in [0.5, 0.6) is 0 Å². The summed E-state index contributed by atoms with van der Waals surface area (Å²) < 4.78 is 0. The molecule has 0 aliphatic carbocycles. The fraction of sp³-hybridized carbons (Fsp3) is 0.444. The quantitative estimate of drug-likeness (QED) is 0.715. The smallest absolute Gasteiger partial charge is 0.226 e. The van der Waals surface area contributed by atoms with E-state index in [1.54, 1.807) is 11.3 Å². The van der Waals surface area contributed by atoms with Crippen molar-refractivity contribution in [3.63, 3.8) is 0 Å². The van der Waals surface area contributed by atoms with Crippen LogP contribution in [0.15, 0.2) is 29.6 Å². The molecule has 0 spiro atoms. The van der Waals surface area contributed by atoms with Gasteiger partial charge in [0, 0.05) is 36.5 Å². The Labute approximate surface area is 158 Å². The second kappa shape index (κ2) is 9.29. The van der Waals surface area contributed by atoms with E-state index in [-0.39, 0.29) is 36.8 Å². The molecule has 1 aliphatic heterocycles. The Hall–Kier alpha value is -1.47. The van der Waals surface area contributed by atoms with E-state index in [0.29, 0.717) is 13.1 Å². The average Bonchev–Trinajstić information content (AvgIpc) is 3.22. The number of benzene rings is 1. The lowest BCUT2D eigenvalue weighted by Gasteiger charge is -2.13. The van der Waals surface area contributed by atoms with Crippen molar-refractivity contribution in [1.82, 2.24) is 15.6 Å². The molecule has 0 saturated carbocycles. The lowest BCUT2D eigenvalue weighted by Crippen LogP contribution is -2.35. The zero-order chi connectivity index (χ0) is 16.9. The predicted octanol–water partition coefficient (Wildman–Crippen LogP) is 2.03. The van der Waals surface area contributed by atoms with Gasteiger partial charge >= 0.3 is 0 Å². The Morgan fingerprint density at radius 3 is 2.76 bits per heavy atom. The van der Waals surface area contributed by atoms with Crippen molar-refractivity contribution in [1.29, 1.82) is 0 Å². The predicted molar refractivity (Wildman–Crippen MR) is 103 cm³/mol. The summed E-state index contributed by atoms with van der Waals surface area (Å²) in [5.41, 5.74) is 3.18. The number of nitrogens with one attached hydrogen (secondary N) is 2. The summed E-state index contributed by atoms with van der Waals surface area (Å²) in [5.74, 6) is 0.0457. The van der Waals surface area contributed by atoms with Crippen molar-refractivity contribution in [3.8, 4) is 10.6 Å². The van der Waals surface area contributed by atoms with Gasteiger partial charge in [-0.1, -0.05) is 31.2 Å². The molecule has 5 nitrogen and oxygen atoms in total. The van der Waals surface area contributed by atoms with E-state index in [2.05, 4.69) is 46.8 Å². The van der Waals surface area contributed by atoms with Crippen molar-refractivity contribution in [2.45, 2.75) is 25.9 Å². The number of hydrogen-bond acceptors (Lipinski definition) is 5. The molecule has 0 radical (unpaired) electrons. The van der Waals surface area contributed by atoms with Crippen LogP contribution in [-0.2, 0) is 17.6 Å². The van der Waals surface area contributed by atoms with E-state index in [1.165, 1.54) is 5.56 Å². The number of aliphatic hydroxyl groups excluding tert-OH is 1. The molecule has 2 aromatic rings. The first-order chi connectivity index (χ1) is 11.7. The number of aliphatic hydroxyl groups is 1. The molecular formula is C18H24ClN3O2S. The van der Waals surface area contributed by atoms with E-state index in [1.807, 2.05) is 5.38 Å². The fourth-order valence-corrected chi connectivity index (χ4v) is 3.63. The Bertz CT molecular complexity index is 690. The fourth-order valence-electron chi connectivity index (χ4n) is 2.80. The zero-order valence-corrected chi connectivity index (χ0v) is 15.8. The van der Waals surface area contributed by atoms with Crippen molar-refractivity contribution in [2.24, 2.45) is 5.92 Å². The second-order valence-electron chi connectivity index (χ2n) is 6.16. The molecule has 1 amide bonds. The van der Waals surface area contributed by atoms with Gasteiger partial charge in [0.2, 0.25) is 5.91 Å². The van der Waals surface area contributed by atoms with E-state index < -0.39 is 0 Å². The molecule has 2 heterocycles. The number of amides is 1. The number of rotatable bonds is 6. The summed E-state index contributed by atoms with van der Waals surface area (Å²) in [6.45, 7) is 3.99. The number of aromatic nitrogens is 1. The molecule has 0 bridgehead atoms. The topological polar surface area (TPSA) is 74.2 Å². The molecule has 1 fully saturated rings. The van der Waals surface area contributed by atoms with Crippen LogP contribution in [0.3, 0.4) is 0 Å². The third kappa shape index (κ3) is 5.25. The monoisotopic (exact) mass is 381 g/mol. The van der Waals surface area contributed by atoms with Crippen LogP contribution < -0.4 is 10.6 Å². The van der Waals surface area contributed by atoms with Crippen LogP contribution in [0.4, 0.5) is 0 Å². The number of carbonyl (C=O) groups is 1. The largest absolute Gasteiger partial charge is 0.391 e. The standard InChI is InChI=1S/C18H23N3O2S.ClH/c1-2-12-3-5-13(6-4-12)18-21-15(11-24-18)7-17(23)20-9-14-8-19-10-16(14)22;/h3-6,11,14,16,19,22H,2,7-10H2,1H3,(H,20,23);1H. The van der Waals surface area contributed by atoms with Crippen LogP contribution in [0.25, 0.3) is 10.6 Å². The Balaban J connectivity index is 0.00000225. The molecule has 136 valence electrons. The number of halogens is 1. The first kappa shape index (κ1) is 19.8. The minimum absolute atomic E-state index is 0. The van der Waals surface area contributed by atoms with Crippen LogP contribution in [-0.4, -0.2) is 41.7 Å². The van der Waals surface area contributed by atoms with Crippen LogP contribution in [0.2, 0.25) is 0 Å². The molecule has 1 aliphatic rings. The van der Waals surface area contributed by atoms with Gasteiger partial charge in [0.15, 0.2) is 0 Å². The lowest BCUT2D eigenvalue weighted by molar-refractivity contribution is -0.120. The molecule has 3 rings (SSSR count). The minimum atomic E-state index is -0.373. The molecule has 2 atom stereocenters. The highest BCUT2D eigenvalue weighted by Crippen LogP contribution is 2.24. The second-order valence-corrected chi connectivity index (χ2v) is 7.02. The van der Waals surface area contributed by atoms with Gasteiger partial charge in [0.05, 0.1) is 18.2 Å². The molecule has 1 aromatic heterocycles. The van der Waals surface area contributed by atoms with Crippen LogP contribution >= 0.6 is 23.7 Å². The van der Waals surface area contributed by atoms with Crippen LogP contribution in [0.1, 0.15) is 18.2 Å². The van der Waals surface area contributed by atoms with Gasteiger partial charge in [-0.2, -0.15) is 0 Å². The summed E-state index contributed by atoms with van der Waals surface area (Å²) in [4.78, 5) is 16.6. The highest BCUT2D eigenvalue weighted by molar-refractivity contribution is 7.13. The first-order valence-corrected chi connectivity index (χ1v) is 9.23. The van der Waals surface area contributed by atoms with E-state index >= 15 is 0 Å². The van der Waals surface area contributed by atoms with E-state index in [9.17, 15) is 9.90 Å². The first-order valence-electron chi connectivity index (χ1n) is 8.35. The maximum atomic E-state index is 12.1. The highest BCUT2D eigenvalue weighted by atomic mass is 35.5. The minimum Gasteiger partial charge on any atom is -0.391 e. The van der Waals surface area contributed by atoms with Crippen molar-refractivity contribution in [2.75, 3.05) is 19.6 Å². The summed E-state index contributed by atoms with van der Waals surface area (Å²) in [7, 11) is 0. The Kier molecular flexibility index (Phi) is 7.38. The van der Waals surface area contributed by atoms with Crippen molar-refractivity contribution < 1.29 is 9.90 Å². The average molecular weight is 382 g/mol. The number of thiazole rings is 1. The number of nitrogens with zero attached hydrogens (tertiary/aromatic N) is 1. The highest BCUT2D eigenvalue weighted by Gasteiger charge is 2.25. The molecule has 7 heteroatoms. The van der Waals surface area contributed by atoms with Gasteiger partial charge in [-0.05, 0) is 12.0 Å². The molecular weight excluding hydrogens is 358 g/mol. The third-order valence-electron chi connectivity index (χ3n) is 4.37. The third-order valence-corrected chi connectivity index (χ3v) is 5.31. The molecule has 3 N–H and O–H groups in total. The van der Waals surface area contributed by atoms with Crippen molar-refractivity contribution >= 4 is 29.7 Å². The van der Waals surface area contributed by atoms with Gasteiger partial charge < -0.3 is 15.7 Å². The summed E-state index contributed by atoms with van der Waals surface area (Å²) in [5, 5.41) is 18.6. The normalized spacial score (nSPS) is 19.4. The van der Waals surface area contributed by atoms with Gasteiger partial charge in [0.1, 0.15) is 5.01 Å². The van der Waals surface area contributed by atoms with Gasteiger partial charge in [0.25, 0.3) is 0 Å². The summed E-state index contributed by atoms with van der Waals surface area (Å²) in [6.07, 6.45) is 0.927. The number of β-amino-alcohol motifs (C(OH)–C–C–N with tert-alkyl or cyclic N) is 1. The van der Waals surface area contributed by atoms with E-state index in [4.69, 9.17) is 0 Å².